The molecule has 1 aromatic carbocycles. The minimum atomic E-state index is -0.427. The Balaban J connectivity index is 2.65. The topological polar surface area (TPSA) is 23.6 Å². The number of carbonyl (C=O) groups excluding carboxylic acids is 1. The van der Waals surface area contributed by atoms with Crippen LogP contribution in [0.25, 0.3) is 0 Å². The summed E-state index contributed by atoms with van der Waals surface area (Å²) in [6.07, 6.45) is 0. The number of carbonyl (C=O) groups is 1. The van der Waals surface area contributed by atoms with Crippen LogP contribution >= 0.6 is 11.6 Å². The predicted molar refractivity (Wildman–Crippen MR) is 72.8 cm³/mol. The zero-order valence-electron chi connectivity index (χ0n) is 10.4. The zero-order chi connectivity index (χ0) is 12.7. The summed E-state index contributed by atoms with van der Waals surface area (Å²) in [4.78, 5) is 15.3. The maximum Gasteiger partial charge on any atom is 0.320 e. The average molecular weight is 255 g/mol. The van der Waals surface area contributed by atoms with Crippen molar-refractivity contribution in [3.63, 3.8) is 0 Å². The van der Waals surface area contributed by atoms with E-state index < -0.39 is 5.37 Å². The van der Waals surface area contributed by atoms with E-state index in [0.717, 1.165) is 25.3 Å². The summed E-state index contributed by atoms with van der Waals surface area (Å²) in [6, 6.07) is 9.51. The van der Waals surface area contributed by atoms with E-state index in [-0.39, 0.29) is 0 Å². The van der Waals surface area contributed by atoms with Crippen molar-refractivity contribution >= 4 is 22.7 Å². The molecule has 94 valence electrons. The Kier molecular flexibility index (Phi) is 6.01. The normalized spacial score (nSPS) is 10.6. The lowest BCUT2D eigenvalue weighted by Crippen LogP contribution is -2.36. The van der Waals surface area contributed by atoms with Gasteiger partial charge in [0.1, 0.15) is 0 Å². The number of halogens is 1. The molecule has 0 aliphatic heterocycles. The third-order valence-electron chi connectivity index (χ3n) is 2.81. The van der Waals surface area contributed by atoms with Gasteiger partial charge in [0.25, 0.3) is 0 Å². The second-order valence-electron chi connectivity index (χ2n) is 3.77. The zero-order valence-corrected chi connectivity index (χ0v) is 11.2. The van der Waals surface area contributed by atoms with Crippen LogP contribution in [0.2, 0.25) is 0 Å². The molecule has 4 heteroatoms. The fourth-order valence-electron chi connectivity index (χ4n) is 1.71. The first-order valence-electron chi connectivity index (χ1n) is 5.93. The largest absolute Gasteiger partial charge is 0.320 e. The summed E-state index contributed by atoms with van der Waals surface area (Å²) in [5, 5.41) is -0.427. The first-order valence-corrected chi connectivity index (χ1v) is 6.31. The second-order valence-corrected chi connectivity index (χ2v) is 4.09. The van der Waals surface area contributed by atoms with E-state index in [1.54, 1.807) is 4.90 Å². The number of nitrogens with zero attached hydrogens (tertiary/aromatic N) is 2. The van der Waals surface area contributed by atoms with E-state index in [2.05, 4.69) is 18.7 Å². The van der Waals surface area contributed by atoms with Gasteiger partial charge in [-0.25, -0.2) is 0 Å². The van der Waals surface area contributed by atoms with Gasteiger partial charge in [-0.1, -0.05) is 32.0 Å². The van der Waals surface area contributed by atoms with Crippen LogP contribution in [-0.2, 0) is 0 Å². The standard InChI is InChI=1S/C13H19ClN2O/c1-3-15(4-2)10-11-16(13(14)17)12-8-6-5-7-9-12/h5-9H,3-4,10-11H2,1-2H3. The van der Waals surface area contributed by atoms with E-state index in [1.165, 1.54) is 0 Å². The van der Waals surface area contributed by atoms with Crippen LogP contribution in [0.5, 0.6) is 0 Å². The Morgan fingerprint density at radius 3 is 2.18 bits per heavy atom. The fourth-order valence-corrected chi connectivity index (χ4v) is 1.89. The van der Waals surface area contributed by atoms with Crippen molar-refractivity contribution in [1.82, 2.24) is 4.90 Å². The molecule has 0 aliphatic rings. The number of benzene rings is 1. The van der Waals surface area contributed by atoms with Gasteiger partial charge in [0.05, 0.1) is 0 Å². The first kappa shape index (κ1) is 14.0. The highest BCUT2D eigenvalue weighted by atomic mass is 35.5. The second kappa shape index (κ2) is 7.30. The van der Waals surface area contributed by atoms with Gasteiger partial charge < -0.3 is 4.90 Å². The lowest BCUT2D eigenvalue weighted by atomic mass is 10.3. The van der Waals surface area contributed by atoms with Crippen molar-refractivity contribution < 1.29 is 4.79 Å². The quantitative estimate of drug-likeness (QED) is 0.575. The van der Waals surface area contributed by atoms with Crippen LogP contribution in [0, 0.1) is 0 Å². The lowest BCUT2D eigenvalue weighted by molar-refractivity contribution is 0.261. The van der Waals surface area contributed by atoms with Crippen molar-refractivity contribution in [3.05, 3.63) is 30.3 Å². The summed E-state index contributed by atoms with van der Waals surface area (Å²) in [7, 11) is 0. The van der Waals surface area contributed by atoms with E-state index in [0.29, 0.717) is 6.54 Å². The summed E-state index contributed by atoms with van der Waals surface area (Å²) in [5.74, 6) is 0. The van der Waals surface area contributed by atoms with Crippen molar-refractivity contribution in [2.45, 2.75) is 13.8 Å². The summed E-state index contributed by atoms with van der Waals surface area (Å²) < 4.78 is 0. The highest BCUT2D eigenvalue weighted by Gasteiger charge is 2.13. The smallest absolute Gasteiger partial charge is 0.302 e. The minimum Gasteiger partial charge on any atom is -0.302 e. The van der Waals surface area contributed by atoms with Crippen molar-refractivity contribution in [3.8, 4) is 0 Å². The number of anilines is 1. The minimum absolute atomic E-state index is 0.427. The van der Waals surface area contributed by atoms with Crippen LogP contribution in [0.1, 0.15) is 13.8 Å². The molecule has 0 aliphatic carbocycles. The third kappa shape index (κ3) is 4.36. The van der Waals surface area contributed by atoms with Gasteiger partial charge in [0, 0.05) is 18.8 Å². The SMILES string of the molecule is CCN(CC)CCN(C(=O)Cl)c1ccccc1. The van der Waals surface area contributed by atoms with Crippen molar-refractivity contribution in [2.24, 2.45) is 0 Å². The molecule has 0 fully saturated rings. The van der Waals surface area contributed by atoms with Gasteiger partial charge in [-0.15, -0.1) is 0 Å². The van der Waals surface area contributed by atoms with Gasteiger partial charge in [0.15, 0.2) is 0 Å². The Bertz CT molecular complexity index is 339. The predicted octanol–water partition coefficient (Wildman–Crippen LogP) is 3.19. The molecular formula is C13H19ClN2O. The van der Waals surface area contributed by atoms with E-state index >= 15 is 0 Å². The Hall–Kier alpha value is -1.06. The number of hydrogen-bond acceptors (Lipinski definition) is 2. The van der Waals surface area contributed by atoms with Crippen LogP contribution in [0.4, 0.5) is 10.5 Å². The summed E-state index contributed by atoms with van der Waals surface area (Å²) in [6.45, 7) is 7.64. The number of amides is 1. The molecule has 17 heavy (non-hydrogen) atoms. The first-order chi connectivity index (χ1) is 8.19. The molecule has 0 heterocycles. The highest BCUT2D eigenvalue weighted by Crippen LogP contribution is 2.15. The van der Waals surface area contributed by atoms with Gasteiger partial charge in [-0.2, -0.15) is 0 Å². The molecule has 1 aromatic rings. The molecule has 0 spiro atoms. The average Bonchev–Trinajstić information content (AvgIpc) is 2.35. The number of likely N-dealkylation sites (N-methyl/N-ethyl adjacent to an activating group) is 1. The van der Waals surface area contributed by atoms with Gasteiger partial charge in [-0.05, 0) is 36.8 Å². The number of para-hydroxylation sites is 1. The van der Waals surface area contributed by atoms with Crippen LogP contribution < -0.4 is 4.90 Å². The van der Waals surface area contributed by atoms with Gasteiger partial charge >= 0.3 is 5.37 Å². The van der Waals surface area contributed by atoms with Gasteiger partial charge in [-0.3, -0.25) is 9.69 Å². The lowest BCUT2D eigenvalue weighted by Gasteiger charge is -2.24. The molecule has 0 saturated carbocycles. The van der Waals surface area contributed by atoms with Crippen LogP contribution in [-0.4, -0.2) is 36.4 Å². The maximum atomic E-state index is 11.4. The maximum absolute atomic E-state index is 11.4. The molecule has 0 aromatic heterocycles. The Labute approximate surface area is 108 Å². The van der Waals surface area contributed by atoms with Crippen LogP contribution in [0.15, 0.2) is 30.3 Å². The molecule has 3 nitrogen and oxygen atoms in total. The molecule has 1 amide bonds. The molecular weight excluding hydrogens is 236 g/mol. The third-order valence-corrected chi connectivity index (χ3v) is 3.02. The molecule has 0 unspecified atom stereocenters. The Morgan fingerprint density at radius 1 is 1.12 bits per heavy atom. The monoisotopic (exact) mass is 254 g/mol. The number of rotatable bonds is 6. The van der Waals surface area contributed by atoms with Crippen molar-refractivity contribution in [2.75, 3.05) is 31.1 Å². The van der Waals surface area contributed by atoms with Crippen molar-refractivity contribution in [1.29, 1.82) is 0 Å². The highest BCUT2D eigenvalue weighted by molar-refractivity contribution is 6.66. The molecule has 0 radical (unpaired) electrons. The van der Waals surface area contributed by atoms with E-state index in [9.17, 15) is 4.79 Å². The van der Waals surface area contributed by atoms with E-state index in [1.807, 2.05) is 30.3 Å². The molecule has 0 N–H and O–H groups in total. The summed E-state index contributed by atoms with van der Waals surface area (Å²) >= 11 is 5.62. The fraction of sp³-hybridized carbons (Fsp3) is 0.462. The Morgan fingerprint density at radius 2 is 1.71 bits per heavy atom. The number of hydrogen-bond donors (Lipinski definition) is 0. The molecule has 0 saturated heterocycles. The molecule has 0 atom stereocenters. The summed E-state index contributed by atoms with van der Waals surface area (Å²) in [5.41, 5.74) is 0.847. The van der Waals surface area contributed by atoms with Crippen LogP contribution in [0.3, 0.4) is 0 Å². The van der Waals surface area contributed by atoms with Gasteiger partial charge in [0.2, 0.25) is 0 Å². The van der Waals surface area contributed by atoms with E-state index in [4.69, 9.17) is 11.6 Å². The molecule has 0 bridgehead atoms. The molecule has 1 rings (SSSR count).